The summed E-state index contributed by atoms with van der Waals surface area (Å²) in [4.78, 5) is 23.8. The van der Waals surface area contributed by atoms with E-state index in [1.54, 1.807) is 31.2 Å². The average molecular weight is 314 g/mol. The standard InChI is InChI=1S/C18H19FN2O2/c1-12-5-3-4-6-15(12)18(23)21-11-17(22)20-10-14-8-7-13(2)16(19)9-14/h3-9H,10-11H2,1-2H3,(H,20,22)(H,21,23). The molecule has 2 amide bonds. The maximum absolute atomic E-state index is 13.4. The zero-order chi connectivity index (χ0) is 16.8. The summed E-state index contributed by atoms with van der Waals surface area (Å²) in [5.41, 5.74) is 2.62. The van der Waals surface area contributed by atoms with Crippen molar-refractivity contribution in [1.29, 1.82) is 0 Å². The molecule has 0 radical (unpaired) electrons. The molecule has 0 heterocycles. The summed E-state index contributed by atoms with van der Waals surface area (Å²) in [6.45, 7) is 3.61. The second-order valence-electron chi connectivity index (χ2n) is 5.36. The lowest BCUT2D eigenvalue weighted by Gasteiger charge is -2.09. The number of hydrogen-bond acceptors (Lipinski definition) is 2. The van der Waals surface area contributed by atoms with Crippen LogP contribution in [-0.4, -0.2) is 18.4 Å². The molecule has 2 rings (SSSR count). The Balaban J connectivity index is 1.82. The predicted octanol–water partition coefficient (Wildman–Crippen LogP) is 2.49. The van der Waals surface area contributed by atoms with Gasteiger partial charge in [0.25, 0.3) is 5.91 Å². The van der Waals surface area contributed by atoms with Crippen LogP contribution in [0.3, 0.4) is 0 Å². The summed E-state index contributed by atoms with van der Waals surface area (Å²) in [6.07, 6.45) is 0. The summed E-state index contributed by atoms with van der Waals surface area (Å²) in [5.74, 6) is -0.919. The molecule has 0 aliphatic heterocycles. The lowest BCUT2D eigenvalue weighted by atomic mass is 10.1. The largest absolute Gasteiger partial charge is 0.350 e. The predicted molar refractivity (Wildman–Crippen MR) is 86.5 cm³/mol. The topological polar surface area (TPSA) is 58.2 Å². The number of benzene rings is 2. The van der Waals surface area contributed by atoms with Crippen molar-refractivity contribution in [3.05, 3.63) is 70.5 Å². The highest BCUT2D eigenvalue weighted by Gasteiger charge is 2.10. The van der Waals surface area contributed by atoms with E-state index in [0.29, 0.717) is 16.7 Å². The van der Waals surface area contributed by atoms with Crippen molar-refractivity contribution >= 4 is 11.8 Å². The van der Waals surface area contributed by atoms with Crippen LogP contribution >= 0.6 is 0 Å². The lowest BCUT2D eigenvalue weighted by Crippen LogP contribution is -2.36. The minimum Gasteiger partial charge on any atom is -0.350 e. The molecule has 0 bridgehead atoms. The number of nitrogens with one attached hydrogen (secondary N) is 2. The van der Waals surface area contributed by atoms with E-state index in [0.717, 1.165) is 5.56 Å². The minimum absolute atomic E-state index is 0.124. The fraction of sp³-hybridized carbons (Fsp3) is 0.222. The molecule has 0 aliphatic carbocycles. The molecule has 2 N–H and O–H groups in total. The van der Waals surface area contributed by atoms with Gasteiger partial charge in [-0.2, -0.15) is 0 Å². The van der Waals surface area contributed by atoms with Crippen LogP contribution in [0.2, 0.25) is 0 Å². The molecule has 0 aromatic heterocycles. The summed E-state index contributed by atoms with van der Waals surface area (Å²) in [7, 11) is 0. The molecule has 120 valence electrons. The van der Waals surface area contributed by atoms with Gasteiger partial charge in [0.2, 0.25) is 5.91 Å². The number of halogens is 1. The lowest BCUT2D eigenvalue weighted by molar-refractivity contribution is -0.120. The third kappa shape index (κ3) is 4.64. The van der Waals surface area contributed by atoms with E-state index in [1.165, 1.54) is 6.07 Å². The SMILES string of the molecule is Cc1ccc(CNC(=O)CNC(=O)c2ccccc2C)cc1F. The van der Waals surface area contributed by atoms with Gasteiger partial charge in [0.15, 0.2) is 0 Å². The zero-order valence-electron chi connectivity index (χ0n) is 13.2. The Bertz CT molecular complexity index is 729. The first-order valence-electron chi connectivity index (χ1n) is 7.33. The van der Waals surface area contributed by atoms with Gasteiger partial charge in [0.05, 0.1) is 6.54 Å². The second-order valence-corrected chi connectivity index (χ2v) is 5.36. The van der Waals surface area contributed by atoms with E-state index in [4.69, 9.17) is 0 Å². The van der Waals surface area contributed by atoms with Gasteiger partial charge in [-0.1, -0.05) is 30.3 Å². The highest BCUT2D eigenvalue weighted by atomic mass is 19.1. The number of carbonyl (C=O) groups is 2. The maximum Gasteiger partial charge on any atom is 0.251 e. The Morgan fingerprint density at radius 2 is 1.74 bits per heavy atom. The van der Waals surface area contributed by atoms with E-state index in [9.17, 15) is 14.0 Å². The molecule has 5 heteroatoms. The molecule has 0 unspecified atom stereocenters. The van der Waals surface area contributed by atoms with E-state index in [-0.39, 0.29) is 30.7 Å². The Labute approximate surface area is 134 Å². The van der Waals surface area contributed by atoms with Crippen LogP contribution in [0.15, 0.2) is 42.5 Å². The van der Waals surface area contributed by atoms with Crippen LogP contribution in [-0.2, 0) is 11.3 Å². The average Bonchev–Trinajstić information content (AvgIpc) is 2.54. The van der Waals surface area contributed by atoms with Crippen LogP contribution < -0.4 is 10.6 Å². The first-order valence-corrected chi connectivity index (χ1v) is 7.33. The number of carbonyl (C=O) groups excluding carboxylic acids is 2. The molecule has 2 aromatic carbocycles. The number of aryl methyl sites for hydroxylation is 2. The highest BCUT2D eigenvalue weighted by Crippen LogP contribution is 2.09. The van der Waals surface area contributed by atoms with E-state index in [1.807, 2.05) is 19.1 Å². The van der Waals surface area contributed by atoms with E-state index in [2.05, 4.69) is 10.6 Å². The van der Waals surface area contributed by atoms with Crippen molar-refractivity contribution in [3.63, 3.8) is 0 Å². The maximum atomic E-state index is 13.4. The van der Waals surface area contributed by atoms with Gasteiger partial charge < -0.3 is 10.6 Å². The second kappa shape index (κ2) is 7.54. The van der Waals surface area contributed by atoms with Crippen molar-refractivity contribution in [1.82, 2.24) is 10.6 Å². The van der Waals surface area contributed by atoms with Crippen LogP contribution in [0, 0.1) is 19.7 Å². The van der Waals surface area contributed by atoms with Crippen molar-refractivity contribution in [3.8, 4) is 0 Å². The first kappa shape index (κ1) is 16.7. The Hall–Kier alpha value is -2.69. The molecule has 2 aromatic rings. The molecule has 0 spiro atoms. The van der Waals surface area contributed by atoms with Gasteiger partial charge >= 0.3 is 0 Å². The van der Waals surface area contributed by atoms with Gasteiger partial charge in [-0.25, -0.2) is 4.39 Å². The molecular weight excluding hydrogens is 295 g/mol. The van der Waals surface area contributed by atoms with Crippen LogP contribution in [0.25, 0.3) is 0 Å². The summed E-state index contributed by atoms with van der Waals surface area (Å²) in [5, 5.41) is 5.22. The molecule has 0 fully saturated rings. The fourth-order valence-corrected chi connectivity index (χ4v) is 2.09. The Kier molecular flexibility index (Phi) is 5.46. The van der Waals surface area contributed by atoms with E-state index < -0.39 is 0 Å². The molecule has 4 nitrogen and oxygen atoms in total. The minimum atomic E-state index is -0.326. The smallest absolute Gasteiger partial charge is 0.251 e. The zero-order valence-corrected chi connectivity index (χ0v) is 13.2. The Morgan fingerprint density at radius 1 is 1.00 bits per heavy atom. The number of hydrogen-bond donors (Lipinski definition) is 2. The van der Waals surface area contributed by atoms with Gasteiger partial charge in [-0.3, -0.25) is 9.59 Å². The number of rotatable bonds is 5. The summed E-state index contributed by atoms with van der Waals surface area (Å²) >= 11 is 0. The van der Waals surface area contributed by atoms with E-state index >= 15 is 0 Å². The van der Waals surface area contributed by atoms with Crippen LogP contribution in [0.4, 0.5) is 4.39 Å². The van der Waals surface area contributed by atoms with Crippen molar-refractivity contribution in [2.45, 2.75) is 20.4 Å². The summed E-state index contributed by atoms with van der Waals surface area (Å²) in [6, 6.07) is 12.0. The third-order valence-electron chi connectivity index (χ3n) is 3.53. The quantitative estimate of drug-likeness (QED) is 0.891. The third-order valence-corrected chi connectivity index (χ3v) is 3.53. The molecule has 0 saturated carbocycles. The van der Waals surface area contributed by atoms with Gasteiger partial charge in [0.1, 0.15) is 5.82 Å². The van der Waals surface area contributed by atoms with Gasteiger partial charge in [-0.15, -0.1) is 0 Å². The number of amides is 2. The molecule has 0 atom stereocenters. The van der Waals surface area contributed by atoms with Gasteiger partial charge in [-0.05, 0) is 42.7 Å². The van der Waals surface area contributed by atoms with Crippen LogP contribution in [0.1, 0.15) is 27.0 Å². The molecule has 23 heavy (non-hydrogen) atoms. The first-order chi connectivity index (χ1) is 11.0. The highest BCUT2D eigenvalue weighted by molar-refractivity contribution is 5.97. The van der Waals surface area contributed by atoms with Crippen molar-refractivity contribution < 1.29 is 14.0 Å². The molecular formula is C18H19FN2O2. The van der Waals surface area contributed by atoms with Crippen molar-refractivity contribution in [2.24, 2.45) is 0 Å². The molecule has 0 saturated heterocycles. The Morgan fingerprint density at radius 3 is 2.43 bits per heavy atom. The normalized spacial score (nSPS) is 10.2. The van der Waals surface area contributed by atoms with Crippen molar-refractivity contribution in [2.75, 3.05) is 6.54 Å². The monoisotopic (exact) mass is 314 g/mol. The van der Waals surface area contributed by atoms with Crippen LogP contribution in [0.5, 0.6) is 0 Å². The summed E-state index contributed by atoms with van der Waals surface area (Å²) < 4.78 is 13.4. The van der Waals surface area contributed by atoms with Gasteiger partial charge in [0, 0.05) is 12.1 Å². The fourth-order valence-electron chi connectivity index (χ4n) is 2.09. The molecule has 0 aliphatic rings.